The number of hydrogen-bond acceptors (Lipinski definition) is 2. The molecule has 1 atom stereocenters. The van der Waals surface area contributed by atoms with Crippen molar-refractivity contribution in [3.63, 3.8) is 0 Å². The van der Waals surface area contributed by atoms with Gasteiger partial charge in [-0.15, -0.1) is 11.6 Å². The molecule has 3 nitrogen and oxygen atoms in total. The van der Waals surface area contributed by atoms with Crippen molar-refractivity contribution in [1.29, 1.82) is 0 Å². The molecule has 0 saturated carbocycles. The molecule has 5 heteroatoms. The summed E-state index contributed by atoms with van der Waals surface area (Å²) in [6, 6.07) is 7.32. The van der Waals surface area contributed by atoms with Crippen LogP contribution in [0.1, 0.15) is 16.8 Å². The van der Waals surface area contributed by atoms with Crippen molar-refractivity contribution in [1.82, 2.24) is 15.2 Å². The number of hydrogen-bond donors (Lipinski definition) is 1. The lowest BCUT2D eigenvalue weighted by atomic mass is 10.1. The van der Waals surface area contributed by atoms with Crippen LogP contribution in [0.25, 0.3) is 0 Å². The first-order valence-electron chi connectivity index (χ1n) is 4.02. The topological polar surface area (TPSA) is 41.6 Å². The molecule has 0 aliphatic rings. The highest BCUT2D eigenvalue weighted by Gasteiger charge is 2.12. The Hall–Kier alpha value is -1.06. The molecule has 14 heavy (non-hydrogen) atoms. The van der Waals surface area contributed by atoms with E-state index in [4.69, 9.17) is 23.2 Å². The minimum atomic E-state index is -0.310. The van der Waals surface area contributed by atoms with E-state index in [0.717, 1.165) is 5.56 Å². The van der Waals surface area contributed by atoms with E-state index in [1.165, 1.54) is 6.33 Å². The van der Waals surface area contributed by atoms with Crippen LogP contribution < -0.4 is 0 Å². The van der Waals surface area contributed by atoms with Gasteiger partial charge in [0, 0.05) is 5.02 Å². The summed E-state index contributed by atoms with van der Waals surface area (Å²) < 4.78 is 0. The van der Waals surface area contributed by atoms with E-state index in [9.17, 15) is 0 Å². The molecule has 0 unspecified atom stereocenters. The number of rotatable bonds is 2. The highest BCUT2D eigenvalue weighted by Crippen LogP contribution is 2.26. The summed E-state index contributed by atoms with van der Waals surface area (Å²) in [7, 11) is 0. The Kier molecular flexibility index (Phi) is 2.70. The predicted molar refractivity (Wildman–Crippen MR) is 55.5 cm³/mol. The van der Waals surface area contributed by atoms with Crippen LogP contribution in [0.4, 0.5) is 0 Å². The number of aromatic nitrogens is 3. The number of halogens is 2. The molecular formula is C9H7Cl2N3. The zero-order chi connectivity index (χ0) is 9.97. The fraction of sp³-hybridized carbons (Fsp3) is 0.111. The maximum absolute atomic E-state index is 6.15. The first-order valence-corrected chi connectivity index (χ1v) is 4.83. The second-order valence-electron chi connectivity index (χ2n) is 2.78. The summed E-state index contributed by atoms with van der Waals surface area (Å²) in [6.07, 6.45) is 1.43. The van der Waals surface area contributed by atoms with Gasteiger partial charge in [0.05, 0.1) is 0 Å². The zero-order valence-electron chi connectivity index (χ0n) is 7.11. The van der Waals surface area contributed by atoms with E-state index < -0.39 is 0 Å². The highest BCUT2D eigenvalue weighted by molar-refractivity contribution is 6.30. The van der Waals surface area contributed by atoms with Crippen molar-refractivity contribution >= 4 is 23.2 Å². The van der Waals surface area contributed by atoms with Crippen LogP contribution in [0.5, 0.6) is 0 Å². The van der Waals surface area contributed by atoms with E-state index in [0.29, 0.717) is 10.8 Å². The third-order valence-corrected chi connectivity index (χ3v) is 2.55. The number of benzene rings is 1. The van der Waals surface area contributed by atoms with Gasteiger partial charge in [0.2, 0.25) is 0 Å². The lowest BCUT2D eigenvalue weighted by Gasteiger charge is -2.05. The summed E-state index contributed by atoms with van der Waals surface area (Å²) in [5, 5.41) is 6.84. The second-order valence-corrected chi connectivity index (χ2v) is 3.66. The van der Waals surface area contributed by atoms with Crippen LogP contribution >= 0.6 is 23.2 Å². The number of nitrogens with zero attached hydrogens (tertiary/aromatic N) is 2. The largest absolute Gasteiger partial charge is 0.262 e. The normalized spacial score (nSPS) is 12.7. The van der Waals surface area contributed by atoms with Gasteiger partial charge in [0.1, 0.15) is 17.5 Å². The van der Waals surface area contributed by atoms with Gasteiger partial charge in [-0.3, -0.25) is 5.10 Å². The Balaban J connectivity index is 2.28. The molecule has 0 aliphatic heterocycles. The molecule has 1 aromatic carbocycles. The number of alkyl halides is 1. The lowest BCUT2D eigenvalue weighted by molar-refractivity contribution is 0.949. The van der Waals surface area contributed by atoms with Crippen molar-refractivity contribution in [3.05, 3.63) is 47.0 Å². The van der Waals surface area contributed by atoms with Crippen molar-refractivity contribution in [2.45, 2.75) is 5.38 Å². The van der Waals surface area contributed by atoms with Gasteiger partial charge in [-0.1, -0.05) is 23.7 Å². The van der Waals surface area contributed by atoms with Crippen molar-refractivity contribution in [2.24, 2.45) is 0 Å². The van der Waals surface area contributed by atoms with E-state index in [2.05, 4.69) is 15.2 Å². The van der Waals surface area contributed by atoms with Gasteiger partial charge >= 0.3 is 0 Å². The minimum absolute atomic E-state index is 0.310. The average Bonchev–Trinajstić information content (AvgIpc) is 2.71. The number of aromatic amines is 1. The Bertz CT molecular complexity index is 397. The zero-order valence-corrected chi connectivity index (χ0v) is 8.63. The molecular weight excluding hydrogens is 221 g/mol. The van der Waals surface area contributed by atoms with Gasteiger partial charge in [0.25, 0.3) is 0 Å². The summed E-state index contributed by atoms with van der Waals surface area (Å²) >= 11 is 11.9. The van der Waals surface area contributed by atoms with E-state index >= 15 is 0 Å². The molecule has 0 radical (unpaired) electrons. The molecule has 1 aromatic heterocycles. The van der Waals surface area contributed by atoms with E-state index in [1.54, 1.807) is 12.1 Å². The standard InChI is InChI=1S/C9H7Cl2N3/c10-7-3-1-6(2-4-7)8(11)9-12-5-13-14-9/h1-5,8H,(H,12,13,14)/t8-/m0/s1. The Labute approximate surface area is 91.1 Å². The number of nitrogens with one attached hydrogen (secondary N) is 1. The molecule has 1 heterocycles. The van der Waals surface area contributed by atoms with Gasteiger partial charge in [-0.2, -0.15) is 5.10 Å². The molecule has 1 N–H and O–H groups in total. The first kappa shape index (κ1) is 9.49. The van der Waals surface area contributed by atoms with Crippen LogP contribution in [0, 0.1) is 0 Å². The average molecular weight is 228 g/mol. The molecule has 0 amide bonds. The summed E-state index contributed by atoms with van der Waals surface area (Å²) in [4.78, 5) is 3.98. The third kappa shape index (κ3) is 1.89. The fourth-order valence-electron chi connectivity index (χ4n) is 1.13. The molecule has 0 aliphatic carbocycles. The Morgan fingerprint density at radius 1 is 1.21 bits per heavy atom. The Morgan fingerprint density at radius 2 is 1.93 bits per heavy atom. The second kappa shape index (κ2) is 3.98. The van der Waals surface area contributed by atoms with Gasteiger partial charge in [-0.05, 0) is 17.7 Å². The number of H-pyrrole nitrogens is 1. The van der Waals surface area contributed by atoms with Crippen LogP contribution in [-0.2, 0) is 0 Å². The van der Waals surface area contributed by atoms with Crippen LogP contribution in [0.2, 0.25) is 5.02 Å². The van der Waals surface area contributed by atoms with Gasteiger partial charge in [0.15, 0.2) is 0 Å². The van der Waals surface area contributed by atoms with Crippen molar-refractivity contribution in [3.8, 4) is 0 Å². The van der Waals surface area contributed by atoms with E-state index in [-0.39, 0.29) is 5.38 Å². The highest BCUT2D eigenvalue weighted by atomic mass is 35.5. The Morgan fingerprint density at radius 3 is 2.50 bits per heavy atom. The maximum atomic E-state index is 6.15. The smallest absolute Gasteiger partial charge is 0.146 e. The lowest BCUT2D eigenvalue weighted by Crippen LogP contribution is -1.95. The predicted octanol–water partition coefficient (Wildman–Crippen LogP) is 2.79. The van der Waals surface area contributed by atoms with Crippen LogP contribution in [0.3, 0.4) is 0 Å². The molecule has 0 bridgehead atoms. The molecule has 2 rings (SSSR count). The monoisotopic (exact) mass is 227 g/mol. The molecule has 0 saturated heterocycles. The fourth-order valence-corrected chi connectivity index (χ4v) is 1.50. The quantitative estimate of drug-likeness (QED) is 0.803. The van der Waals surface area contributed by atoms with Crippen LogP contribution in [-0.4, -0.2) is 15.2 Å². The minimum Gasteiger partial charge on any atom is -0.262 e. The SMILES string of the molecule is Clc1ccc([C@H](Cl)c2ncn[nH]2)cc1. The molecule has 72 valence electrons. The van der Waals surface area contributed by atoms with Gasteiger partial charge < -0.3 is 0 Å². The molecule has 0 spiro atoms. The van der Waals surface area contributed by atoms with Crippen molar-refractivity contribution < 1.29 is 0 Å². The molecule has 2 aromatic rings. The molecule has 0 fully saturated rings. The van der Waals surface area contributed by atoms with Crippen LogP contribution in [0.15, 0.2) is 30.6 Å². The van der Waals surface area contributed by atoms with E-state index in [1.807, 2.05) is 12.1 Å². The maximum Gasteiger partial charge on any atom is 0.146 e. The van der Waals surface area contributed by atoms with Gasteiger partial charge in [-0.25, -0.2) is 4.98 Å². The van der Waals surface area contributed by atoms with Crippen molar-refractivity contribution in [2.75, 3.05) is 0 Å². The summed E-state index contributed by atoms with van der Waals surface area (Å²) in [5.41, 5.74) is 0.938. The third-order valence-electron chi connectivity index (χ3n) is 1.84. The summed E-state index contributed by atoms with van der Waals surface area (Å²) in [5.74, 6) is 0.633. The summed E-state index contributed by atoms with van der Waals surface area (Å²) in [6.45, 7) is 0. The first-order chi connectivity index (χ1) is 6.77.